The molecule has 1 aliphatic rings. The van der Waals surface area contributed by atoms with E-state index >= 15 is 0 Å². The molecule has 1 fully saturated rings. The van der Waals surface area contributed by atoms with E-state index in [-0.39, 0.29) is 11.8 Å². The molecule has 1 aliphatic heterocycles. The van der Waals surface area contributed by atoms with Crippen LogP contribution < -0.4 is 21.3 Å². The average Bonchev–Trinajstić information content (AvgIpc) is 3.59. The summed E-state index contributed by atoms with van der Waals surface area (Å²) in [6, 6.07) is 27.6. The van der Waals surface area contributed by atoms with E-state index < -0.39 is 0 Å². The Morgan fingerprint density at radius 3 is 2.09 bits per heavy atom. The van der Waals surface area contributed by atoms with Crippen molar-refractivity contribution < 1.29 is 9.59 Å². The molecule has 2 aromatic heterocycles. The molecule has 5 aromatic rings. The molecule has 10 heteroatoms. The largest absolute Gasteiger partial charge is 0.397 e. The van der Waals surface area contributed by atoms with Gasteiger partial charge in [-0.05, 0) is 59.4 Å². The smallest absolute Gasteiger partial charge is 0.258 e. The number of rotatable bonds is 6. The Bertz CT molecular complexity index is 1670. The van der Waals surface area contributed by atoms with E-state index in [4.69, 9.17) is 5.73 Å². The molecule has 0 radical (unpaired) electrons. The van der Waals surface area contributed by atoms with Crippen molar-refractivity contribution in [2.75, 3.05) is 54.5 Å². The topological polar surface area (TPSA) is 116 Å². The highest BCUT2D eigenvalue weighted by Gasteiger charge is 2.17. The molecule has 1 saturated heterocycles. The number of carbonyl (C=O) groups is 2. The number of likely N-dealkylation sites (N-methyl/N-ethyl adjacent to an activating group) is 1. The van der Waals surface area contributed by atoms with E-state index in [0.29, 0.717) is 22.9 Å². The van der Waals surface area contributed by atoms with Gasteiger partial charge in [0.25, 0.3) is 5.91 Å². The third-order valence-electron chi connectivity index (χ3n) is 7.11. The number of anilines is 4. The first kappa shape index (κ1) is 30.4. The van der Waals surface area contributed by atoms with Crippen molar-refractivity contribution in [2.24, 2.45) is 0 Å². The van der Waals surface area contributed by atoms with Crippen LogP contribution in [0.25, 0.3) is 21.6 Å². The van der Waals surface area contributed by atoms with Crippen molar-refractivity contribution in [1.29, 1.82) is 0 Å². The van der Waals surface area contributed by atoms with Gasteiger partial charge in [0.05, 0.1) is 16.9 Å². The third-order valence-corrected chi connectivity index (χ3v) is 8.03. The van der Waals surface area contributed by atoms with Gasteiger partial charge in [0.15, 0.2) is 0 Å². The summed E-state index contributed by atoms with van der Waals surface area (Å²) in [5.74, 6) is 0.330. The molecular formula is C34H35N7O2S. The van der Waals surface area contributed by atoms with Crippen LogP contribution in [0.15, 0.2) is 103 Å². The van der Waals surface area contributed by atoms with Gasteiger partial charge in [-0.3, -0.25) is 9.59 Å². The number of nitrogens with one attached hydrogen (secondary N) is 2. The van der Waals surface area contributed by atoms with Gasteiger partial charge in [0.1, 0.15) is 0 Å². The number of aromatic nitrogens is 2. The first-order chi connectivity index (χ1) is 21.4. The Hall–Kier alpha value is -5.06. The molecule has 0 aliphatic carbocycles. The quantitative estimate of drug-likeness (QED) is 0.200. The zero-order chi connectivity index (χ0) is 30.9. The minimum atomic E-state index is -0.278. The highest BCUT2D eigenvalue weighted by atomic mass is 32.1. The van der Waals surface area contributed by atoms with Gasteiger partial charge in [-0.1, -0.05) is 54.6 Å². The second kappa shape index (κ2) is 14.4. The maximum absolute atomic E-state index is 12.6. The van der Waals surface area contributed by atoms with Crippen molar-refractivity contribution in [2.45, 2.75) is 6.92 Å². The summed E-state index contributed by atoms with van der Waals surface area (Å²) < 4.78 is 0. The monoisotopic (exact) mass is 605 g/mol. The summed E-state index contributed by atoms with van der Waals surface area (Å²) in [6.45, 7) is 5.23. The number of nitrogens with two attached hydrogens (primary N) is 1. The molecule has 0 unspecified atom stereocenters. The van der Waals surface area contributed by atoms with Gasteiger partial charge < -0.3 is 26.2 Å². The lowest BCUT2D eigenvalue weighted by Crippen LogP contribution is -2.45. The van der Waals surface area contributed by atoms with Crippen LogP contribution in [0, 0.1) is 0 Å². The molecule has 0 saturated carbocycles. The van der Waals surface area contributed by atoms with Crippen LogP contribution in [0.1, 0.15) is 17.3 Å². The lowest BCUT2D eigenvalue weighted by molar-refractivity contribution is -0.114. The number of hydrogen-bond acceptors (Lipinski definition) is 8. The SMILES string of the molecule is CC(=O)Nc1ccc(-c2ccccc2)cc1.CN1CCN(c2ncc(C(=O)Nc3cc(-c4cccs4)ccc3N)cn2)CC1. The second-order valence-electron chi connectivity index (χ2n) is 10.4. The number of piperazine rings is 1. The molecule has 3 aromatic carbocycles. The molecule has 0 spiro atoms. The molecule has 6 rings (SSSR count). The van der Waals surface area contributed by atoms with E-state index in [1.807, 2.05) is 72.1 Å². The summed E-state index contributed by atoms with van der Waals surface area (Å²) >= 11 is 1.64. The fraction of sp³-hybridized carbons (Fsp3) is 0.176. The highest BCUT2D eigenvalue weighted by molar-refractivity contribution is 7.13. The van der Waals surface area contributed by atoms with Crippen molar-refractivity contribution in [3.05, 3.63) is 108 Å². The fourth-order valence-corrected chi connectivity index (χ4v) is 5.37. The maximum atomic E-state index is 12.6. The number of amides is 2. The summed E-state index contributed by atoms with van der Waals surface area (Å²) in [6.07, 6.45) is 3.13. The number of nitrogens with zero attached hydrogens (tertiary/aromatic N) is 4. The van der Waals surface area contributed by atoms with Crippen molar-refractivity contribution >= 4 is 46.2 Å². The van der Waals surface area contributed by atoms with Gasteiger partial charge >= 0.3 is 0 Å². The zero-order valence-electron chi connectivity index (χ0n) is 24.7. The standard InChI is InChI=1S/C20H22N6OS.C14H13NO/c1-25-6-8-26(9-7-25)20-22-12-15(13-23-20)19(27)24-17-11-14(4-5-16(17)21)18-3-2-10-28-18;1-11(16)15-14-9-7-13(8-10-14)12-5-3-2-4-6-12/h2-5,10-13H,6-9,21H2,1H3,(H,24,27);2-10H,1H3,(H,15,16). The Morgan fingerprint density at radius 1 is 0.795 bits per heavy atom. The predicted octanol–water partition coefficient (Wildman–Crippen LogP) is 6.10. The van der Waals surface area contributed by atoms with E-state index in [1.165, 1.54) is 12.5 Å². The molecule has 44 heavy (non-hydrogen) atoms. The Kier molecular flexibility index (Phi) is 9.96. The van der Waals surface area contributed by atoms with Crippen molar-refractivity contribution in [3.8, 4) is 21.6 Å². The normalized spacial score (nSPS) is 13.0. The van der Waals surface area contributed by atoms with Gasteiger partial charge in [-0.25, -0.2) is 9.97 Å². The molecule has 224 valence electrons. The van der Waals surface area contributed by atoms with Gasteiger partial charge in [0, 0.05) is 56.1 Å². The van der Waals surface area contributed by atoms with Gasteiger partial charge in [0.2, 0.25) is 11.9 Å². The van der Waals surface area contributed by atoms with Crippen LogP contribution >= 0.6 is 11.3 Å². The van der Waals surface area contributed by atoms with Crippen molar-refractivity contribution in [1.82, 2.24) is 14.9 Å². The maximum Gasteiger partial charge on any atom is 0.258 e. The lowest BCUT2D eigenvalue weighted by Gasteiger charge is -2.32. The summed E-state index contributed by atoms with van der Waals surface area (Å²) in [7, 11) is 2.10. The Balaban J connectivity index is 0.000000204. The molecule has 3 heterocycles. The highest BCUT2D eigenvalue weighted by Crippen LogP contribution is 2.30. The van der Waals surface area contributed by atoms with E-state index in [9.17, 15) is 9.59 Å². The van der Waals surface area contributed by atoms with Crippen LogP contribution in [-0.4, -0.2) is 59.9 Å². The van der Waals surface area contributed by atoms with Crippen LogP contribution in [0.4, 0.5) is 23.0 Å². The Labute approximate surface area is 261 Å². The fourth-order valence-electron chi connectivity index (χ4n) is 4.64. The number of hydrogen-bond donors (Lipinski definition) is 3. The van der Waals surface area contributed by atoms with Gasteiger partial charge in [-0.15, -0.1) is 11.3 Å². The molecule has 2 amide bonds. The summed E-state index contributed by atoms with van der Waals surface area (Å²) in [5, 5.41) is 7.64. The number of benzene rings is 3. The van der Waals surface area contributed by atoms with E-state index in [0.717, 1.165) is 47.9 Å². The first-order valence-electron chi connectivity index (χ1n) is 14.3. The molecule has 0 atom stereocenters. The minimum Gasteiger partial charge on any atom is -0.397 e. The molecule has 4 N–H and O–H groups in total. The Morgan fingerprint density at radius 2 is 1.45 bits per heavy atom. The van der Waals surface area contributed by atoms with Crippen LogP contribution in [0.5, 0.6) is 0 Å². The van der Waals surface area contributed by atoms with E-state index in [2.05, 4.69) is 49.6 Å². The van der Waals surface area contributed by atoms with Crippen molar-refractivity contribution in [3.63, 3.8) is 0 Å². The minimum absolute atomic E-state index is 0.0486. The van der Waals surface area contributed by atoms with Crippen LogP contribution in [0.2, 0.25) is 0 Å². The van der Waals surface area contributed by atoms with Crippen LogP contribution in [0.3, 0.4) is 0 Å². The molecule has 9 nitrogen and oxygen atoms in total. The summed E-state index contributed by atoms with van der Waals surface area (Å²) in [5.41, 5.74) is 11.7. The van der Waals surface area contributed by atoms with E-state index in [1.54, 1.807) is 29.8 Å². The second-order valence-corrected chi connectivity index (χ2v) is 11.4. The van der Waals surface area contributed by atoms with Gasteiger partial charge in [-0.2, -0.15) is 0 Å². The molecular weight excluding hydrogens is 570 g/mol. The number of thiophene rings is 1. The number of carbonyl (C=O) groups excluding carboxylic acids is 2. The number of nitrogen functional groups attached to an aromatic ring is 1. The first-order valence-corrected chi connectivity index (χ1v) is 15.2. The predicted molar refractivity (Wildman–Crippen MR) is 180 cm³/mol. The zero-order valence-corrected chi connectivity index (χ0v) is 25.6. The third kappa shape index (κ3) is 8.06. The summed E-state index contributed by atoms with van der Waals surface area (Å²) in [4.78, 5) is 37.8. The average molecular weight is 606 g/mol. The lowest BCUT2D eigenvalue weighted by atomic mass is 10.1. The van der Waals surface area contributed by atoms with Crippen LogP contribution in [-0.2, 0) is 4.79 Å². The molecule has 0 bridgehead atoms.